The van der Waals surface area contributed by atoms with Crippen LogP contribution in [0.1, 0.15) is 5.69 Å². The minimum absolute atomic E-state index is 0.397. The highest BCUT2D eigenvalue weighted by atomic mass is 32.1. The molecule has 0 atom stereocenters. The van der Waals surface area contributed by atoms with E-state index >= 15 is 0 Å². The molecule has 0 N–H and O–H groups in total. The van der Waals surface area contributed by atoms with Crippen LogP contribution >= 0.6 is 11.3 Å². The first-order valence-corrected chi connectivity index (χ1v) is 5.47. The van der Waals surface area contributed by atoms with Crippen LogP contribution in [0.15, 0.2) is 23.6 Å². The van der Waals surface area contributed by atoms with E-state index in [2.05, 4.69) is 4.98 Å². The Bertz CT molecular complexity index is 478. The van der Waals surface area contributed by atoms with Gasteiger partial charge >= 0.3 is 0 Å². The van der Waals surface area contributed by atoms with Crippen LogP contribution in [0.2, 0.25) is 0 Å². The van der Waals surface area contributed by atoms with Crippen LogP contribution < -0.4 is 0 Å². The Morgan fingerprint density at radius 1 is 1.25 bits per heavy atom. The summed E-state index contributed by atoms with van der Waals surface area (Å²) in [4.78, 5) is 4.21. The van der Waals surface area contributed by atoms with E-state index in [9.17, 15) is 8.78 Å². The van der Waals surface area contributed by atoms with E-state index < -0.39 is 11.6 Å². The van der Waals surface area contributed by atoms with Crippen LogP contribution in [0.5, 0.6) is 0 Å². The van der Waals surface area contributed by atoms with Gasteiger partial charge in [0, 0.05) is 24.1 Å². The van der Waals surface area contributed by atoms with Gasteiger partial charge in [-0.05, 0) is 12.1 Å². The van der Waals surface area contributed by atoms with Crippen LogP contribution in [0, 0.1) is 11.6 Å². The van der Waals surface area contributed by atoms with Crippen LogP contribution in [-0.2, 0) is 11.3 Å². The fourth-order valence-corrected chi connectivity index (χ4v) is 2.12. The van der Waals surface area contributed by atoms with Crippen molar-refractivity contribution in [2.75, 3.05) is 7.11 Å². The SMILES string of the molecule is COCc1csc(-c2cc(F)cc(F)c2)n1. The van der Waals surface area contributed by atoms with Crippen molar-refractivity contribution in [1.82, 2.24) is 4.98 Å². The van der Waals surface area contributed by atoms with Crippen molar-refractivity contribution in [1.29, 1.82) is 0 Å². The van der Waals surface area contributed by atoms with E-state index in [-0.39, 0.29) is 0 Å². The number of thiazole rings is 1. The molecule has 0 saturated heterocycles. The number of halogens is 2. The van der Waals surface area contributed by atoms with Gasteiger partial charge in [0.25, 0.3) is 0 Å². The number of ether oxygens (including phenoxy) is 1. The summed E-state index contributed by atoms with van der Waals surface area (Å²) in [7, 11) is 1.57. The van der Waals surface area contributed by atoms with Gasteiger partial charge in [0.1, 0.15) is 16.6 Å². The van der Waals surface area contributed by atoms with E-state index in [1.807, 2.05) is 5.38 Å². The molecule has 0 aliphatic carbocycles. The first-order chi connectivity index (χ1) is 7.69. The van der Waals surface area contributed by atoms with Gasteiger partial charge in [0.05, 0.1) is 12.3 Å². The largest absolute Gasteiger partial charge is 0.378 e. The second kappa shape index (κ2) is 4.67. The van der Waals surface area contributed by atoms with Gasteiger partial charge in [-0.1, -0.05) is 0 Å². The second-order valence-electron chi connectivity index (χ2n) is 3.24. The van der Waals surface area contributed by atoms with E-state index in [0.29, 0.717) is 17.2 Å². The van der Waals surface area contributed by atoms with Crippen molar-refractivity contribution >= 4 is 11.3 Å². The lowest BCUT2D eigenvalue weighted by Crippen LogP contribution is -1.88. The molecule has 0 bridgehead atoms. The molecule has 2 rings (SSSR count). The maximum absolute atomic E-state index is 13.0. The standard InChI is InChI=1S/C11H9F2NOS/c1-15-5-10-6-16-11(14-10)7-2-8(12)4-9(13)3-7/h2-4,6H,5H2,1H3. The van der Waals surface area contributed by atoms with Crippen molar-refractivity contribution in [3.05, 3.63) is 40.9 Å². The summed E-state index contributed by atoms with van der Waals surface area (Å²) in [5, 5.41) is 2.40. The van der Waals surface area contributed by atoms with Crippen molar-refractivity contribution in [3.8, 4) is 10.6 Å². The lowest BCUT2D eigenvalue weighted by molar-refractivity contribution is 0.182. The summed E-state index contributed by atoms with van der Waals surface area (Å²) >= 11 is 1.34. The van der Waals surface area contributed by atoms with Gasteiger partial charge in [-0.2, -0.15) is 0 Å². The highest BCUT2D eigenvalue weighted by molar-refractivity contribution is 7.13. The average molecular weight is 241 g/mol. The molecule has 1 aromatic heterocycles. The normalized spacial score (nSPS) is 10.7. The van der Waals surface area contributed by atoms with Crippen molar-refractivity contribution in [2.45, 2.75) is 6.61 Å². The molecular formula is C11H9F2NOS. The predicted octanol–water partition coefficient (Wildman–Crippen LogP) is 3.23. The van der Waals surface area contributed by atoms with Crippen LogP contribution in [-0.4, -0.2) is 12.1 Å². The molecule has 1 aromatic carbocycles. The number of aromatic nitrogens is 1. The quantitative estimate of drug-likeness (QED) is 0.823. The van der Waals surface area contributed by atoms with Gasteiger partial charge < -0.3 is 4.74 Å². The third-order valence-electron chi connectivity index (χ3n) is 1.95. The number of rotatable bonds is 3. The Hall–Kier alpha value is -1.33. The fourth-order valence-electron chi connectivity index (χ4n) is 1.33. The summed E-state index contributed by atoms with van der Waals surface area (Å²) in [5.41, 5.74) is 1.21. The zero-order chi connectivity index (χ0) is 11.5. The Morgan fingerprint density at radius 2 is 1.94 bits per heavy atom. The molecule has 0 fully saturated rings. The maximum Gasteiger partial charge on any atom is 0.126 e. The van der Waals surface area contributed by atoms with Crippen LogP contribution in [0.4, 0.5) is 8.78 Å². The van der Waals surface area contributed by atoms with E-state index in [0.717, 1.165) is 11.8 Å². The smallest absolute Gasteiger partial charge is 0.126 e. The van der Waals surface area contributed by atoms with Crippen molar-refractivity contribution in [3.63, 3.8) is 0 Å². The molecule has 0 aliphatic heterocycles. The number of hydrogen-bond acceptors (Lipinski definition) is 3. The molecule has 0 amide bonds. The zero-order valence-electron chi connectivity index (χ0n) is 8.54. The summed E-state index contributed by atoms with van der Waals surface area (Å²) in [6, 6.07) is 3.37. The lowest BCUT2D eigenvalue weighted by atomic mass is 10.2. The minimum atomic E-state index is -0.599. The molecule has 0 aliphatic rings. The Balaban J connectivity index is 2.34. The number of methoxy groups -OCH3 is 1. The molecule has 0 saturated carbocycles. The fraction of sp³-hybridized carbons (Fsp3) is 0.182. The number of hydrogen-bond donors (Lipinski definition) is 0. The van der Waals surface area contributed by atoms with Gasteiger partial charge in [-0.3, -0.25) is 0 Å². The molecule has 2 aromatic rings. The van der Waals surface area contributed by atoms with Gasteiger partial charge in [0.2, 0.25) is 0 Å². The monoisotopic (exact) mass is 241 g/mol. The summed E-state index contributed by atoms with van der Waals surface area (Å²) < 4.78 is 30.9. The van der Waals surface area contributed by atoms with E-state index in [1.54, 1.807) is 7.11 Å². The Kier molecular flexibility index (Phi) is 3.26. The van der Waals surface area contributed by atoms with E-state index in [1.165, 1.54) is 23.5 Å². The van der Waals surface area contributed by atoms with Crippen LogP contribution in [0.25, 0.3) is 10.6 Å². The summed E-state index contributed by atoms with van der Waals surface area (Å²) in [6.45, 7) is 0.397. The zero-order valence-corrected chi connectivity index (χ0v) is 9.35. The first kappa shape index (κ1) is 11.2. The van der Waals surface area contributed by atoms with E-state index in [4.69, 9.17) is 4.74 Å². The minimum Gasteiger partial charge on any atom is -0.378 e. The molecule has 16 heavy (non-hydrogen) atoms. The molecular weight excluding hydrogens is 232 g/mol. The highest BCUT2D eigenvalue weighted by Crippen LogP contribution is 2.25. The molecule has 0 radical (unpaired) electrons. The summed E-state index contributed by atoms with van der Waals surface area (Å²) in [6.07, 6.45) is 0. The van der Waals surface area contributed by atoms with Gasteiger partial charge in [-0.15, -0.1) is 11.3 Å². The summed E-state index contributed by atoms with van der Waals surface area (Å²) in [5.74, 6) is -1.20. The van der Waals surface area contributed by atoms with Crippen molar-refractivity contribution < 1.29 is 13.5 Å². The van der Waals surface area contributed by atoms with Crippen molar-refractivity contribution in [2.24, 2.45) is 0 Å². The van der Waals surface area contributed by atoms with Crippen LogP contribution in [0.3, 0.4) is 0 Å². The first-order valence-electron chi connectivity index (χ1n) is 4.59. The lowest BCUT2D eigenvalue weighted by Gasteiger charge is -1.97. The Morgan fingerprint density at radius 3 is 2.56 bits per heavy atom. The Labute approximate surface area is 95.5 Å². The molecule has 84 valence electrons. The number of benzene rings is 1. The number of nitrogens with zero attached hydrogens (tertiary/aromatic N) is 1. The molecule has 0 unspecified atom stereocenters. The molecule has 1 heterocycles. The van der Waals surface area contributed by atoms with Gasteiger partial charge in [0.15, 0.2) is 0 Å². The van der Waals surface area contributed by atoms with Gasteiger partial charge in [-0.25, -0.2) is 13.8 Å². The highest BCUT2D eigenvalue weighted by Gasteiger charge is 2.07. The third kappa shape index (κ3) is 2.43. The maximum atomic E-state index is 13.0. The molecule has 2 nitrogen and oxygen atoms in total. The average Bonchev–Trinajstić information content (AvgIpc) is 2.65. The topological polar surface area (TPSA) is 22.1 Å². The predicted molar refractivity (Wildman–Crippen MR) is 58.2 cm³/mol. The third-order valence-corrected chi connectivity index (χ3v) is 2.89. The molecule has 5 heteroatoms. The second-order valence-corrected chi connectivity index (χ2v) is 4.09. The molecule has 0 spiro atoms.